The van der Waals surface area contributed by atoms with Gasteiger partial charge < -0.3 is 14.8 Å². The second-order valence-electron chi connectivity index (χ2n) is 7.12. The highest BCUT2D eigenvalue weighted by molar-refractivity contribution is 7.99. The first-order valence-corrected chi connectivity index (χ1v) is 9.90. The van der Waals surface area contributed by atoms with Gasteiger partial charge in [0.15, 0.2) is 5.16 Å². The summed E-state index contributed by atoms with van der Waals surface area (Å²) in [5.41, 5.74) is 1.70. The second kappa shape index (κ2) is 8.58. The fourth-order valence-electron chi connectivity index (χ4n) is 2.69. The van der Waals surface area contributed by atoms with Gasteiger partial charge in [-0.15, -0.1) is 0 Å². The molecule has 1 aromatic carbocycles. The van der Waals surface area contributed by atoms with Crippen LogP contribution in [0.3, 0.4) is 0 Å². The zero-order chi connectivity index (χ0) is 19.3. The van der Waals surface area contributed by atoms with Crippen LogP contribution in [-0.2, 0) is 16.1 Å². The Labute approximate surface area is 159 Å². The van der Waals surface area contributed by atoms with Crippen molar-refractivity contribution in [3.63, 3.8) is 0 Å². The van der Waals surface area contributed by atoms with Gasteiger partial charge in [-0.25, -0.2) is 4.98 Å². The van der Waals surface area contributed by atoms with Crippen LogP contribution in [0, 0.1) is 0 Å². The molecule has 1 aromatic heterocycles. The van der Waals surface area contributed by atoms with E-state index in [1.165, 1.54) is 11.8 Å². The molecule has 0 unspecified atom stereocenters. The Kier molecular flexibility index (Phi) is 6.69. The molecule has 0 saturated heterocycles. The summed E-state index contributed by atoms with van der Waals surface area (Å²) in [6.45, 7) is 11.1. The van der Waals surface area contributed by atoms with Gasteiger partial charge in [0.1, 0.15) is 0 Å². The van der Waals surface area contributed by atoms with Gasteiger partial charge in [-0.1, -0.05) is 23.9 Å². The number of benzene rings is 1. The number of aryl methyl sites for hydroxylation is 1. The fourth-order valence-corrected chi connectivity index (χ4v) is 3.68. The van der Waals surface area contributed by atoms with Gasteiger partial charge in [0.05, 0.1) is 23.3 Å². The van der Waals surface area contributed by atoms with Crippen molar-refractivity contribution in [3.8, 4) is 0 Å². The third-order valence-electron chi connectivity index (χ3n) is 3.84. The average Bonchev–Trinajstić information content (AvgIpc) is 2.93. The van der Waals surface area contributed by atoms with Gasteiger partial charge in [-0.2, -0.15) is 0 Å². The maximum absolute atomic E-state index is 12.6. The lowest BCUT2D eigenvalue weighted by atomic mass is 10.1. The average molecular weight is 377 g/mol. The summed E-state index contributed by atoms with van der Waals surface area (Å²) in [5, 5.41) is 3.72. The van der Waals surface area contributed by atoms with Gasteiger partial charge in [0.25, 0.3) is 0 Å². The van der Waals surface area contributed by atoms with E-state index in [1.54, 1.807) is 4.90 Å². The molecule has 2 amide bonds. The van der Waals surface area contributed by atoms with Crippen LogP contribution in [0.15, 0.2) is 29.4 Å². The summed E-state index contributed by atoms with van der Waals surface area (Å²) in [7, 11) is 0. The molecule has 0 aliphatic rings. The van der Waals surface area contributed by atoms with E-state index in [4.69, 9.17) is 0 Å². The molecular formula is C19H28N4O2S. The van der Waals surface area contributed by atoms with Crippen LogP contribution in [-0.4, -0.2) is 50.6 Å². The Morgan fingerprint density at radius 3 is 2.54 bits per heavy atom. The van der Waals surface area contributed by atoms with E-state index in [-0.39, 0.29) is 29.7 Å². The predicted octanol–water partition coefficient (Wildman–Crippen LogP) is 2.91. The largest absolute Gasteiger partial charge is 0.350 e. The quantitative estimate of drug-likeness (QED) is 0.755. The number of nitrogens with zero attached hydrogens (tertiary/aromatic N) is 3. The molecule has 26 heavy (non-hydrogen) atoms. The monoisotopic (exact) mass is 376 g/mol. The van der Waals surface area contributed by atoms with Crippen LogP contribution in [0.1, 0.15) is 34.6 Å². The van der Waals surface area contributed by atoms with Gasteiger partial charge in [-0.3, -0.25) is 9.59 Å². The van der Waals surface area contributed by atoms with Crippen molar-refractivity contribution in [1.82, 2.24) is 19.8 Å². The zero-order valence-corrected chi connectivity index (χ0v) is 17.0. The van der Waals surface area contributed by atoms with Crippen molar-refractivity contribution in [2.45, 2.75) is 51.9 Å². The molecule has 0 radical (unpaired) electrons. The van der Waals surface area contributed by atoms with E-state index in [9.17, 15) is 9.59 Å². The molecular weight excluding hydrogens is 348 g/mol. The molecule has 0 aliphatic carbocycles. The number of rotatable bonds is 7. The maximum Gasteiger partial charge on any atom is 0.240 e. The van der Waals surface area contributed by atoms with Crippen LogP contribution in [0.2, 0.25) is 0 Å². The number of likely N-dealkylation sites (N-methyl/N-ethyl adjacent to an activating group) is 1. The first kappa shape index (κ1) is 20.3. The first-order valence-electron chi connectivity index (χ1n) is 8.92. The SMILES string of the molecule is CCN(CC(=O)NC(C)(C)C)C(=O)CSc1nc2ccccc2n1CC. The van der Waals surface area contributed by atoms with Crippen molar-refractivity contribution in [2.75, 3.05) is 18.8 Å². The molecule has 0 saturated carbocycles. The number of aromatic nitrogens is 2. The van der Waals surface area contributed by atoms with Crippen molar-refractivity contribution in [1.29, 1.82) is 0 Å². The lowest BCUT2D eigenvalue weighted by Gasteiger charge is -2.25. The highest BCUT2D eigenvalue weighted by atomic mass is 32.2. The molecule has 0 spiro atoms. The number of hydrogen-bond acceptors (Lipinski definition) is 4. The summed E-state index contributed by atoms with van der Waals surface area (Å²) in [4.78, 5) is 30.9. The Bertz CT molecular complexity index is 779. The molecule has 7 heteroatoms. The summed E-state index contributed by atoms with van der Waals surface area (Å²) < 4.78 is 2.11. The summed E-state index contributed by atoms with van der Waals surface area (Å²) in [6, 6.07) is 7.96. The van der Waals surface area contributed by atoms with Gasteiger partial charge in [0.2, 0.25) is 11.8 Å². The van der Waals surface area contributed by atoms with Crippen LogP contribution in [0.4, 0.5) is 0 Å². The summed E-state index contributed by atoms with van der Waals surface area (Å²) in [6.07, 6.45) is 0. The van der Waals surface area contributed by atoms with Crippen LogP contribution in [0.5, 0.6) is 0 Å². The number of fused-ring (bicyclic) bond motifs is 1. The van der Waals surface area contributed by atoms with Gasteiger partial charge in [0, 0.05) is 18.6 Å². The minimum atomic E-state index is -0.305. The topological polar surface area (TPSA) is 67.2 Å². The van der Waals surface area contributed by atoms with Gasteiger partial charge in [-0.05, 0) is 46.8 Å². The highest BCUT2D eigenvalue weighted by Crippen LogP contribution is 2.24. The molecule has 1 N–H and O–H groups in total. The summed E-state index contributed by atoms with van der Waals surface area (Å²) in [5.74, 6) is 0.0646. The molecule has 0 atom stereocenters. The zero-order valence-electron chi connectivity index (χ0n) is 16.2. The molecule has 0 bridgehead atoms. The number of para-hydroxylation sites is 2. The minimum absolute atomic E-state index is 0.0590. The lowest BCUT2D eigenvalue weighted by molar-refractivity contribution is -0.134. The van der Waals surface area contributed by atoms with E-state index in [2.05, 4.69) is 21.8 Å². The second-order valence-corrected chi connectivity index (χ2v) is 8.06. The Morgan fingerprint density at radius 2 is 1.92 bits per heavy atom. The van der Waals surface area contributed by atoms with Crippen molar-refractivity contribution < 1.29 is 9.59 Å². The van der Waals surface area contributed by atoms with E-state index in [0.29, 0.717) is 6.54 Å². The molecule has 6 nitrogen and oxygen atoms in total. The maximum atomic E-state index is 12.6. The molecule has 0 aliphatic heterocycles. The van der Waals surface area contributed by atoms with Crippen molar-refractivity contribution >= 4 is 34.6 Å². The minimum Gasteiger partial charge on any atom is -0.350 e. The van der Waals surface area contributed by atoms with Crippen LogP contribution >= 0.6 is 11.8 Å². The third kappa shape index (κ3) is 5.24. The highest BCUT2D eigenvalue weighted by Gasteiger charge is 2.20. The number of amides is 2. The number of carbonyl (C=O) groups excluding carboxylic acids is 2. The van der Waals surface area contributed by atoms with E-state index in [1.807, 2.05) is 52.0 Å². The standard InChI is InChI=1S/C19H28N4O2S/c1-6-22(12-16(24)21-19(3,4)5)17(25)13-26-18-20-14-10-8-9-11-15(14)23(18)7-2/h8-11H,6-7,12-13H2,1-5H3,(H,21,24). The Balaban J connectivity index is 2.01. The van der Waals surface area contributed by atoms with Gasteiger partial charge >= 0.3 is 0 Å². The molecule has 2 rings (SSSR count). The molecule has 142 valence electrons. The molecule has 1 heterocycles. The summed E-state index contributed by atoms with van der Waals surface area (Å²) >= 11 is 1.42. The van der Waals surface area contributed by atoms with Crippen molar-refractivity contribution in [3.05, 3.63) is 24.3 Å². The van der Waals surface area contributed by atoms with E-state index in [0.717, 1.165) is 22.7 Å². The predicted molar refractivity (Wildman–Crippen MR) is 106 cm³/mol. The fraction of sp³-hybridized carbons (Fsp3) is 0.526. The first-order chi connectivity index (χ1) is 12.2. The van der Waals surface area contributed by atoms with Crippen LogP contribution in [0.25, 0.3) is 11.0 Å². The number of hydrogen-bond donors (Lipinski definition) is 1. The molecule has 0 fully saturated rings. The Hall–Kier alpha value is -2.02. The van der Waals surface area contributed by atoms with Crippen molar-refractivity contribution in [2.24, 2.45) is 0 Å². The Morgan fingerprint density at radius 1 is 1.23 bits per heavy atom. The number of nitrogens with one attached hydrogen (secondary N) is 1. The number of imidazole rings is 1. The van der Waals surface area contributed by atoms with E-state index >= 15 is 0 Å². The third-order valence-corrected chi connectivity index (χ3v) is 4.80. The number of carbonyl (C=O) groups is 2. The molecule has 2 aromatic rings. The lowest BCUT2D eigenvalue weighted by Crippen LogP contribution is -2.47. The van der Waals surface area contributed by atoms with E-state index < -0.39 is 0 Å². The van der Waals surface area contributed by atoms with Crippen LogP contribution < -0.4 is 5.32 Å². The smallest absolute Gasteiger partial charge is 0.240 e. The normalized spacial score (nSPS) is 11.6. The number of thioether (sulfide) groups is 1.